The van der Waals surface area contributed by atoms with E-state index >= 15 is 0 Å². The van der Waals surface area contributed by atoms with Crippen LogP contribution in [0.15, 0.2) is 12.4 Å². The predicted molar refractivity (Wildman–Crippen MR) is 94.6 cm³/mol. The van der Waals surface area contributed by atoms with Crippen molar-refractivity contribution in [2.45, 2.75) is 45.3 Å². The van der Waals surface area contributed by atoms with Gasteiger partial charge in [0.05, 0.1) is 13.2 Å². The van der Waals surface area contributed by atoms with Gasteiger partial charge in [-0.3, -0.25) is 4.79 Å². The van der Waals surface area contributed by atoms with Crippen molar-refractivity contribution in [1.29, 1.82) is 0 Å². The van der Waals surface area contributed by atoms with E-state index < -0.39 is 5.79 Å². The Bertz CT molecular complexity index is 573. The second kappa shape index (κ2) is 8.10. The molecule has 2 aliphatic heterocycles. The van der Waals surface area contributed by atoms with Crippen LogP contribution in [0, 0.1) is 0 Å². The second-order valence-corrected chi connectivity index (χ2v) is 6.65. The van der Waals surface area contributed by atoms with Gasteiger partial charge in [-0.1, -0.05) is 13.8 Å². The Hall–Kier alpha value is -1.73. The molecule has 2 aliphatic rings. The van der Waals surface area contributed by atoms with Gasteiger partial charge in [0, 0.05) is 45.1 Å². The lowest BCUT2D eigenvalue weighted by Gasteiger charge is -2.38. The molecule has 2 fully saturated rings. The van der Waals surface area contributed by atoms with E-state index in [4.69, 9.17) is 9.47 Å². The summed E-state index contributed by atoms with van der Waals surface area (Å²) in [7, 11) is 0. The molecule has 2 saturated heterocycles. The third-order valence-electron chi connectivity index (χ3n) is 4.81. The van der Waals surface area contributed by atoms with Crippen molar-refractivity contribution in [1.82, 2.24) is 14.9 Å². The molecular weight excluding hydrogens is 320 g/mol. The van der Waals surface area contributed by atoms with E-state index in [9.17, 15) is 4.79 Å². The average Bonchev–Trinajstić information content (AvgIpc) is 3.10. The number of anilines is 1. The summed E-state index contributed by atoms with van der Waals surface area (Å²) < 4.78 is 11.5. The number of ether oxygens (including phenoxy) is 2. The minimum absolute atomic E-state index is 0.0108. The molecular formula is C18H28N4O3. The first kappa shape index (κ1) is 18.1. The number of nitrogens with zero attached hydrogens (tertiary/aromatic N) is 4. The van der Waals surface area contributed by atoms with Gasteiger partial charge in [0.1, 0.15) is 17.8 Å². The smallest absolute Gasteiger partial charge is 0.272 e. The molecule has 1 spiro atoms. The maximum absolute atomic E-state index is 12.7. The van der Waals surface area contributed by atoms with Gasteiger partial charge >= 0.3 is 0 Å². The van der Waals surface area contributed by atoms with Gasteiger partial charge in [0.15, 0.2) is 5.79 Å². The fourth-order valence-electron chi connectivity index (χ4n) is 3.52. The molecule has 1 aromatic rings. The highest BCUT2D eigenvalue weighted by Gasteiger charge is 2.40. The fraction of sp³-hybridized carbons (Fsp3) is 0.722. The molecule has 0 radical (unpaired) electrons. The number of amides is 1. The summed E-state index contributed by atoms with van der Waals surface area (Å²) in [4.78, 5) is 25.4. The van der Waals surface area contributed by atoms with Gasteiger partial charge in [0.2, 0.25) is 0 Å². The lowest BCUT2D eigenvalue weighted by Crippen LogP contribution is -2.45. The first-order chi connectivity index (χ1) is 12.2. The van der Waals surface area contributed by atoms with Crippen LogP contribution < -0.4 is 4.90 Å². The zero-order valence-corrected chi connectivity index (χ0v) is 15.2. The molecule has 0 bridgehead atoms. The summed E-state index contributed by atoms with van der Waals surface area (Å²) in [6, 6.07) is 1.81. The molecule has 7 heteroatoms. The lowest BCUT2D eigenvalue weighted by atomic mass is 10.0. The maximum atomic E-state index is 12.7. The van der Waals surface area contributed by atoms with Crippen molar-refractivity contribution in [2.75, 3.05) is 44.3 Å². The number of carbonyl (C=O) groups excluding carboxylic acids is 1. The van der Waals surface area contributed by atoms with Crippen molar-refractivity contribution in [3.8, 4) is 0 Å². The molecule has 138 valence electrons. The average molecular weight is 348 g/mol. The number of hydrogen-bond donors (Lipinski definition) is 0. The molecule has 7 nitrogen and oxygen atoms in total. The Labute approximate surface area is 149 Å². The number of aromatic nitrogens is 2. The maximum Gasteiger partial charge on any atom is 0.272 e. The van der Waals surface area contributed by atoms with Crippen LogP contribution in [-0.4, -0.2) is 66.0 Å². The highest BCUT2D eigenvalue weighted by Crippen LogP contribution is 2.32. The van der Waals surface area contributed by atoms with Crippen molar-refractivity contribution in [3.63, 3.8) is 0 Å². The Kier molecular flexibility index (Phi) is 5.86. The van der Waals surface area contributed by atoms with Gasteiger partial charge < -0.3 is 19.3 Å². The third-order valence-corrected chi connectivity index (χ3v) is 4.81. The van der Waals surface area contributed by atoms with E-state index in [1.807, 2.05) is 11.0 Å². The van der Waals surface area contributed by atoms with Crippen LogP contribution in [0.3, 0.4) is 0 Å². The van der Waals surface area contributed by atoms with Crippen LogP contribution in [0.2, 0.25) is 0 Å². The minimum Gasteiger partial charge on any atom is -0.356 e. The SMILES string of the molecule is CCCN(CCC)C(=O)c1cc(N2CCC3(CC2)OCCO3)ncn1. The highest BCUT2D eigenvalue weighted by atomic mass is 16.7. The summed E-state index contributed by atoms with van der Waals surface area (Å²) >= 11 is 0. The van der Waals surface area contributed by atoms with Crippen LogP contribution in [0.25, 0.3) is 0 Å². The molecule has 1 aromatic heterocycles. The quantitative estimate of drug-likeness (QED) is 0.784. The highest BCUT2D eigenvalue weighted by molar-refractivity contribution is 5.92. The molecule has 1 amide bonds. The minimum atomic E-state index is -0.402. The fourth-order valence-corrected chi connectivity index (χ4v) is 3.52. The number of hydrogen-bond acceptors (Lipinski definition) is 6. The standard InChI is InChI=1S/C18H28N4O3/c1-3-7-22(8-4-2)17(23)15-13-16(20-14-19-15)21-9-5-18(6-10-21)24-11-12-25-18/h13-14H,3-12H2,1-2H3. The number of carbonyl (C=O) groups is 1. The second-order valence-electron chi connectivity index (χ2n) is 6.65. The molecule has 3 heterocycles. The van der Waals surface area contributed by atoms with Crippen LogP contribution in [0.5, 0.6) is 0 Å². The van der Waals surface area contributed by atoms with Crippen molar-refractivity contribution < 1.29 is 14.3 Å². The van der Waals surface area contributed by atoms with E-state index in [1.54, 1.807) is 0 Å². The van der Waals surface area contributed by atoms with E-state index in [0.29, 0.717) is 18.9 Å². The summed E-state index contributed by atoms with van der Waals surface area (Å²) in [5.41, 5.74) is 0.473. The monoisotopic (exact) mass is 348 g/mol. The zero-order chi connectivity index (χ0) is 17.7. The van der Waals surface area contributed by atoms with Crippen molar-refractivity contribution >= 4 is 11.7 Å². The third kappa shape index (κ3) is 4.10. The summed E-state index contributed by atoms with van der Waals surface area (Å²) in [5.74, 6) is 0.392. The van der Waals surface area contributed by atoms with Crippen LogP contribution in [0.1, 0.15) is 50.0 Å². The zero-order valence-electron chi connectivity index (χ0n) is 15.2. The van der Waals surface area contributed by atoms with Crippen molar-refractivity contribution in [2.24, 2.45) is 0 Å². The topological polar surface area (TPSA) is 67.8 Å². The molecule has 3 rings (SSSR count). The lowest BCUT2D eigenvalue weighted by molar-refractivity contribution is -0.169. The van der Waals surface area contributed by atoms with Gasteiger partial charge in [-0.15, -0.1) is 0 Å². The molecule has 0 saturated carbocycles. The Morgan fingerprint density at radius 1 is 1.16 bits per heavy atom. The van der Waals surface area contributed by atoms with E-state index in [-0.39, 0.29) is 5.91 Å². The molecule has 0 N–H and O–H groups in total. The largest absolute Gasteiger partial charge is 0.356 e. The summed E-state index contributed by atoms with van der Waals surface area (Å²) in [6.07, 6.45) is 5.01. The predicted octanol–water partition coefficient (Wildman–Crippen LogP) is 2.08. The van der Waals surface area contributed by atoms with Gasteiger partial charge in [0.25, 0.3) is 5.91 Å². The van der Waals surface area contributed by atoms with E-state index in [1.165, 1.54) is 6.33 Å². The van der Waals surface area contributed by atoms with Crippen LogP contribution >= 0.6 is 0 Å². The summed E-state index contributed by atoms with van der Waals surface area (Å²) in [5, 5.41) is 0. The summed E-state index contributed by atoms with van der Waals surface area (Å²) in [6.45, 7) is 8.64. The molecule has 0 atom stereocenters. The van der Waals surface area contributed by atoms with Gasteiger partial charge in [-0.05, 0) is 12.8 Å². The number of piperidine rings is 1. The molecule has 0 aliphatic carbocycles. The van der Waals surface area contributed by atoms with Crippen molar-refractivity contribution in [3.05, 3.63) is 18.1 Å². The number of rotatable bonds is 6. The van der Waals surface area contributed by atoms with Gasteiger partial charge in [-0.25, -0.2) is 9.97 Å². The first-order valence-corrected chi connectivity index (χ1v) is 9.31. The Morgan fingerprint density at radius 3 is 2.40 bits per heavy atom. The normalized spacial score (nSPS) is 19.4. The van der Waals surface area contributed by atoms with Gasteiger partial charge in [-0.2, -0.15) is 0 Å². The Morgan fingerprint density at radius 2 is 1.80 bits per heavy atom. The van der Waals surface area contributed by atoms with Crippen LogP contribution in [0.4, 0.5) is 5.82 Å². The molecule has 0 unspecified atom stereocenters. The molecule has 25 heavy (non-hydrogen) atoms. The molecule has 0 aromatic carbocycles. The first-order valence-electron chi connectivity index (χ1n) is 9.31. The van der Waals surface area contributed by atoms with E-state index in [0.717, 1.165) is 57.7 Å². The van der Waals surface area contributed by atoms with Crippen LogP contribution in [-0.2, 0) is 9.47 Å². The Balaban J connectivity index is 1.68. The van der Waals surface area contributed by atoms with E-state index in [2.05, 4.69) is 28.7 Å².